The lowest BCUT2D eigenvalue weighted by atomic mass is 9.97. The Kier molecular flexibility index (Phi) is 9.26. The Hall–Kier alpha value is -1.50. The molecule has 0 aromatic rings. The summed E-state index contributed by atoms with van der Waals surface area (Å²) >= 11 is 0. The Morgan fingerprint density at radius 3 is 1.68 bits per heavy atom. The maximum absolute atomic E-state index is 11.9. The molecule has 7 nitrogen and oxygen atoms in total. The van der Waals surface area contributed by atoms with E-state index in [1.54, 1.807) is 20.8 Å². The van der Waals surface area contributed by atoms with Gasteiger partial charge in [0.2, 0.25) is 0 Å². The normalized spacial score (nSPS) is 14.6. The molecule has 2 atom stereocenters. The van der Waals surface area contributed by atoms with Crippen molar-refractivity contribution in [2.45, 2.75) is 91.5 Å². The minimum Gasteiger partial charge on any atom is -0.444 e. The summed E-state index contributed by atoms with van der Waals surface area (Å²) in [5, 5.41) is 15.0. The first-order valence-electron chi connectivity index (χ1n) is 8.83. The van der Waals surface area contributed by atoms with Gasteiger partial charge in [0.15, 0.2) is 0 Å². The number of rotatable bonds is 7. The van der Waals surface area contributed by atoms with Crippen LogP contribution >= 0.6 is 0 Å². The second-order valence-corrected chi connectivity index (χ2v) is 8.60. The maximum atomic E-state index is 11.9. The minimum atomic E-state index is -0.594. The fraction of sp³-hybridized carbons (Fsp3) is 0.889. The lowest BCUT2D eigenvalue weighted by Gasteiger charge is -2.27. The number of hydrogen-bond acceptors (Lipinski definition) is 5. The van der Waals surface area contributed by atoms with Crippen LogP contribution in [0, 0.1) is 5.92 Å². The summed E-state index contributed by atoms with van der Waals surface area (Å²) in [5.41, 5.74) is -1.15. The van der Waals surface area contributed by atoms with Crippen LogP contribution in [0.3, 0.4) is 0 Å². The molecule has 0 radical (unpaired) electrons. The van der Waals surface area contributed by atoms with Crippen LogP contribution in [-0.4, -0.2) is 47.2 Å². The lowest BCUT2D eigenvalue weighted by molar-refractivity contribution is 0.0449. The zero-order valence-corrected chi connectivity index (χ0v) is 16.9. The van der Waals surface area contributed by atoms with Crippen molar-refractivity contribution in [3.8, 4) is 0 Å². The number of amides is 2. The highest BCUT2D eigenvalue weighted by atomic mass is 16.6. The quantitative estimate of drug-likeness (QED) is 0.648. The molecule has 0 rings (SSSR count). The molecule has 0 saturated carbocycles. The molecule has 0 aromatic heterocycles. The number of carbonyl (C=O) groups excluding carboxylic acids is 2. The standard InChI is InChI=1S/C18H36N2O5/c1-12(2)14(20-16(23)25-18(6,7)8)10-9-13(11-21)19-15(22)24-17(3,4)5/h12-14,21H,9-11H2,1-8H3,(H,19,22)(H,20,23)/t13-,14?/m0/s1. The average molecular weight is 360 g/mol. The predicted molar refractivity (Wildman–Crippen MR) is 97.5 cm³/mol. The van der Waals surface area contributed by atoms with Crippen molar-refractivity contribution in [2.75, 3.05) is 6.61 Å². The second-order valence-electron chi connectivity index (χ2n) is 8.60. The van der Waals surface area contributed by atoms with Gasteiger partial charge < -0.3 is 25.2 Å². The molecule has 0 aromatic carbocycles. The molecule has 0 aliphatic carbocycles. The van der Waals surface area contributed by atoms with E-state index in [-0.39, 0.29) is 18.6 Å². The third-order valence-corrected chi connectivity index (χ3v) is 3.27. The number of ether oxygens (including phenoxy) is 2. The molecule has 0 heterocycles. The van der Waals surface area contributed by atoms with E-state index in [1.807, 2.05) is 34.6 Å². The topological polar surface area (TPSA) is 96.9 Å². The van der Waals surface area contributed by atoms with Gasteiger partial charge in [0.25, 0.3) is 0 Å². The SMILES string of the molecule is CC(C)C(CC[C@@H](CO)NC(=O)OC(C)(C)C)NC(=O)OC(C)(C)C. The van der Waals surface area contributed by atoms with Crippen molar-refractivity contribution in [1.29, 1.82) is 0 Å². The van der Waals surface area contributed by atoms with Crippen LogP contribution in [0.4, 0.5) is 9.59 Å². The Balaban J connectivity index is 4.56. The van der Waals surface area contributed by atoms with E-state index in [0.717, 1.165) is 0 Å². The molecular formula is C18H36N2O5. The number of nitrogens with one attached hydrogen (secondary N) is 2. The molecule has 1 unspecified atom stereocenters. The van der Waals surface area contributed by atoms with E-state index in [0.29, 0.717) is 12.8 Å². The van der Waals surface area contributed by atoms with Gasteiger partial charge in [0.05, 0.1) is 12.6 Å². The van der Waals surface area contributed by atoms with Crippen molar-refractivity contribution in [2.24, 2.45) is 5.92 Å². The highest BCUT2D eigenvalue weighted by molar-refractivity contribution is 5.68. The molecule has 0 spiro atoms. The predicted octanol–water partition coefficient (Wildman–Crippen LogP) is 3.20. The summed E-state index contributed by atoms with van der Waals surface area (Å²) in [5.74, 6) is 0.188. The molecule has 3 N–H and O–H groups in total. The van der Waals surface area contributed by atoms with E-state index in [1.165, 1.54) is 0 Å². The first kappa shape index (κ1) is 23.5. The lowest BCUT2D eigenvalue weighted by Crippen LogP contribution is -2.44. The van der Waals surface area contributed by atoms with Gasteiger partial charge in [-0.05, 0) is 60.3 Å². The maximum Gasteiger partial charge on any atom is 0.407 e. The largest absolute Gasteiger partial charge is 0.444 e. The molecule has 0 aliphatic heterocycles. The second kappa shape index (κ2) is 9.85. The van der Waals surface area contributed by atoms with E-state index in [9.17, 15) is 14.7 Å². The van der Waals surface area contributed by atoms with Crippen LogP contribution < -0.4 is 10.6 Å². The Bertz CT molecular complexity index is 424. The molecule has 148 valence electrons. The third-order valence-electron chi connectivity index (χ3n) is 3.27. The van der Waals surface area contributed by atoms with Crippen LogP contribution in [0.1, 0.15) is 68.2 Å². The van der Waals surface area contributed by atoms with Gasteiger partial charge in [0.1, 0.15) is 11.2 Å². The number of alkyl carbamates (subject to hydrolysis) is 2. The molecule has 0 bridgehead atoms. The van der Waals surface area contributed by atoms with Crippen molar-refractivity contribution >= 4 is 12.2 Å². The van der Waals surface area contributed by atoms with Gasteiger partial charge in [-0.2, -0.15) is 0 Å². The highest BCUT2D eigenvalue weighted by Gasteiger charge is 2.24. The van der Waals surface area contributed by atoms with Gasteiger partial charge in [-0.1, -0.05) is 13.8 Å². The average Bonchev–Trinajstić information content (AvgIpc) is 2.37. The summed E-state index contributed by atoms with van der Waals surface area (Å²) in [6.45, 7) is 14.6. The zero-order valence-electron chi connectivity index (χ0n) is 16.9. The highest BCUT2D eigenvalue weighted by Crippen LogP contribution is 2.14. The zero-order chi connectivity index (χ0) is 19.8. The summed E-state index contributed by atoms with van der Waals surface area (Å²) in [6.07, 6.45) is 0.0753. The first-order valence-corrected chi connectivity index (χ1v) is 8.83. The van der Waals surface area contributed by atoms with Crippen LogP contribution in [0.2, 0.25) is 0 Å². The fourth-order valence-electron chi connectivity index (χ4n) is 2.10. The van der Waals surface area contributed by atoms with E-state index < -0.39 is 29.4 Å². The number of aliphatic hydroxyl groups is 1. The summed E-state index contributed by atoms with van der Waals surface area (Å²) in [7, 11) is 0. The van der Waals surface area contributed by atoms with E-state index in [4.69, 9.17) is 9.47 Å². The van der Waals surface area contributed by atoms with Crippen LogP contribution in [0.15, 0.2) is 0 Å². The summed E-state index contributed by atoms with van der Waals surface area (Å²) < 4.78 is 10.5. The van der Waals surface area contributed by atoms with Gasteiger partial charge >= 0.3 is 12.2 Å². The Morgan fingerprint density at radius 1 is 0.880 bits per heavy atom. The monoisotopic (exact) mass is 360 g/mol. The van der Waals surface area contributed by atoms with E-state index in [2.05, 4.69) is 10.6 Å². The van der Waals surface area contributed by atoms with Gasteiger partial charge in [-0.3, -0.25) is 0 Å². The number of aliphatic hydroxyl groups excluding tert-OH is 1. The third kappa shape index (κ3) is 12.5. The molecule has 0 saturated heterocycles. The van der Waals surface area contributed by atoms with Crippen molar-refractivity contribution in [3.05, 3.63) is 0 Å². The van der Waals surface area contributed by atoms with E-state index >= 15 is 0 Å². The summed E-state index contributed by atoms with van der Waals surface area (Å²) in [6, 6.07) is -0.555. The van der Waals surface area contributed by atoms with Crippen LogP contribution in [0.5, 0.6) is 0 Å². The molecule has 0 aliphatic rings. The summed E-state index contributed by atoms with van der Waals surface area (Å²) in [4.78, 5) is 23.8. The molecule has 25 heavy (non-hydrogen) atoms. The van der Waals surface area contributed by atoms with Gasteiger partial charge in [0, 0.05) is 6.04 Å². The van der Waals surface area contributed by atoms with Crippen molar-refractivity contribution in [3.63, 3.8) is 0 Å². The van der Waals surface area contributed by atoms with Crippen molar-refractivity contribution in [1.82, 2.24) is 10.6 Å². The molecule has 0 fully saturated rings. The number of hydrogen-bond donors (Lipinski definition) is 3. The van der Waals surface area contributed by atoms with Crippen LogP contribution in [0.25, 0.3) is 0 Å². The van der Waals surface area contributed by atoms with Gasteiger partial charge in [-0.15, -0.1) is 0 Å². The molecular weight excluding hydrogens is 324 g/mol. The minimum absolute atomic E-state index is 0.121. The van der Waals surface area contributed by atoms with Gasteiger partial charge in [-0.25, -0.2) is 9.59 Å². The smallest absolute Gasteiger partial charge is 0.407 e. The fourth-order valence-corrected chi connectivity index (χ4v) is 2.10. The molecule has 7 heteroatoms. The molecule has 2 amide bonds. The van der Waals surface area contributed by atoms with Crippen LogP contribution in [-0.2, 0) is 9.47 Å². The first-order chi connectivity index (χ1) is 11.2. The Morgan fingerprint density at radius 2 is 1.32 bits per heavy atom. The Labute approximate surface area is 151 Å². The number of carbonyl (C=O) groups is 2. The van der Waals surface area contributed by atoms with Crippen molar-refractivity contribution < 1.29 is 24.2 Å².